The average molecular weight is 586 g/mol. The number of nitrogens with one attached hydrogen (secondary N) is 1. The number of nitrogens with zero attached hydrogens (tertiary/aromatic N) is 1. The molecule has 2 aromatic rings. The second-order valence-corrected chi connectivity index (χ2v) is 13.2. The topological polar surface area (TPSA) is 149 Å². The van der Waals surface area contributed by atoms with Crippen LogP contribution in [0.5, 0.6) is 5.75 Å². The molecule has 2 aliphatic heterocycles. The zero-order chi connectivity index (χ0) is 30.9. The van der Waals surface area contributed by atoms with Crippen LogP contribution in [0.3, 0.4) is 0 Å². The van der Waals surface area contributed by atoms with Crippen LogP contribution in [0.25, 0.3) is 0 Å². The minimum absolute atomic E-state index is 0.00750. The highest BCUT2D eigenvalue weighted by Crippen LogP contribution is 2.58. The summed E-state index contributed by atoms with van der Waals surface area (Å²) in [6.45, 7) is 9.00. The number of phosphoric acid groups is 1. The van der Waals surface area contributed by atoms with Gasteiger partial charge in [0.1, 0.15) is 35.9 Å². The Labute approximate surface area is 230 Å². The molecule has 1 unspecified atom stereocenters. The number of aliphatic hydroxyl groups is 2. The van der Waals surface area contributed by atoms with Crippen molar-refractivity contribution in [3.05, 3.63) is 61.2 Å². The van der Waals surface area contributed by atoms with Gasteiger partial charge in [-0.15, -0.1) is 6.42 Å². The van der Waals surface area contributed by atoms with E-state index in [1.165, 1.54) is 0 Å². The summed E-state index contributed by atoms with van der Waals surface area (Å²) in [6.07, 6.45) is -2.09. The molecule has 11 nitrogen and oxygen atoms in total. The summed E-state index contributed by atoms with van der Waals surface area (Å²) in [4.78, 5) is 25.9. The molecule has 2 aliphatic rings. The van der Waals surface area contributed by atoms with Crippen LogP contribution in [0.4, 0.5) is 8.78 Å². The average Bonchev–Trinajstić information content (AvgIpc) is 3.02. The number of fused-ring (bicyclic) bond motifs is 1. The lowest BCUT2D eigenvalue weighted by atomic mass is 9.78. The number of aliphatic hydroxyl groups excluding tert-OH is 2. The number of halogens is 2. The summed E-state index contributed by atoms with van der Waals surface area (Å²) in [5.41, 5.74) is -3.08. The Morgan fingerprint density at radius 1 is 1.27 bits per heavy atom. The summed E-state index contributed by atoms with van der Waals surface area (Å²) in [5.74, 6) is -2.20. The maximum atomic E-state index is 15.9. The van der Waals surface area contributed by atoms with Crippen LogP contribution in [0.15, 0.2) is 21.9 Å². The fourth-order valence-corrected chi connectivity index (χ4v) is 5.49. The molecule has 14 heteroatoms. The molecular formula is C26H31F2N2O9P. The van der Waals surface area contributed by atoms with E-state index in [2.05, 4.69) is 0 Å². The number of hydrogen-bond donors (Lipinski definition) is 3. The Morgan fingerprint density at radius 2 is 1.90 bits per heavy atom. The summed E-state index contributed by atoms with van der Waals surface area (Å²) in [5, 5.41) is 21.0. The molecule has 5 atom stereocenters. The lowest BCUT2D eigenvalue weighted by Gasteiger charge is -2.34. The minimum atomic E-state index is -4.68. The van der Waals surface area contributed by atoms with Gasteiger partial charge in [-0.05, 0) is 22.5 Å². The molecule has 0 bridgehead atoms. The van der Waals surface area contributed by atoms with Gasteiger partial charge in [-0.1, -0.05) is 47.5 Å². The Morgan fingerprint density at radius 3 is 2.48 bits per heavy atom. The molecule has 0 radical (unpaired) electrons. The molecule has 218 valence electrons. The monoisotopic (exact) mass is 585 g/mol. The number of phosphoric ester groups is 1. The third-order valence-corrected chi connectivity index (χ3v) is 7.81. The van der Waals surface area contributed by atoms with Gasteiger partial charge >= 0.3 is 13.5 Å². The SMILES string of the molecule is [2H][C@@]1(n2cc(C#C)c(=O)[nH]c2=O)O[C@](F)(COP2(=O)OCc3c(F)c(C(C)(C)C)cc(C(C)(C)C)c3O2)[C@@H](O)[C@H]1O. The van der Waals surface area contributed by atoms with E-state index in [1.54, 1.807) is 11.1 Å². The smallest absolute Gasteiger partial charge is 0.403 e. The van der Waals surface area contributed by atoms with Gasteiger partial charge in [0.25, 0.3) is 11.4 Å². The number of terminal acetylenes is 1. The molecule has 3 heterocycles. The fourth-order valence-electron chi connectivity index (χ4n) is 4.26. The molecule has 0 saturated carbocycles. The normalized spacial score (nSPS) is 30.8. The lowest BCUT2D eigenvalue weighted by Crippen LogP contribution is -2.43. The highest BCUT2D eigenvalue weighted by atomic mass is 31.2. The van der Waals surface area contributed by atoms with Crippen molar-refractivity contribution in [3.63, 3.8) is 0 Å². The van der Waals surface area contributed by atoms with Crippen LogP contribution in [0.1, 0.15) is 71.4 Å². The van der Waals surface area contributed by atoms with Crippen molar-refractivity contribution in [2.24, 2.45) is 0 Å². The van der Waals surface area contributed by atoms with Crippen LogP contribution in [0, 0.1) is 18.2 Å². The third-order valence-electron chi connectivity index (χ3n) is 6.52. The van der Waals surface area contributed by atoms with Gasteiger partial charge in [0.15, 0.2) is 6.20 Å². The molecular weight excluding hydrogens is 553 g/mol. The highest BCUT2D eigenvalue weighted by molar-refractivity contribution is 7.49. The molecule has 0 aliphatic carbocycles. The van der Waals surface area contributed by atoms with Crippen LogP contribution in [-0.4, -0.2) is 44.4 Å². The Kier molecular flexibility index (Phi) is 7.10. The van der Waals surface area contributed by atoms with Crippen LogP contribution in [0.2, 0.25) is 0 Å². The maximum absolute atomic E-state index is 15.9. The third kappa shape index (κ3) is 5.28. The van der Waals surface area contributed by atoms with Crippen molar-refractivity contribution < 1.29 is 43.2 Å². The van der Waals surface area contributed by atoms with Gasteiger partial charge in [0, 0.05) is 11.8 Å². The van der Waals surface area contributed by atoms with Crippen molar-refractivity contribution in [3.8, 4) is 18.1 Å². The largest absolute Gasteiger partial charge is 0.530 e. The summed E-state index contributed by atoms with van der Waals surface area (Å²) in [6, 6.07) is 1.60. The lowest BCUT2D eigenvalue weighted by molar-refractivity contribution is -0.205. The number of H-pyrrole nitrogens is 1. The van der Waals surface area contributed by atoms with E-state index in [0.29, 0.717) is 17.3 Å². The number of aromatic amines is 1. The minimum Gasteiger partial charge on any atom is -0.403 e. The number of benzene rings is 1. The summed E-state index contributed by atoms with van der Waals surface area (Å²) >= 11 is 0. The van der Waals surface area contributed by atoms with E-state index in [1.807, 2.05) is 47.5 Å². The van der Waals surface area contributed by atoms with E-state index in [9.17, 15) is 24.4 Å². The van der Waals surface area contributed by atoms with Crippen molar-refractivity contribution in [1.29, 1.82) is 0 Å². The van der Waals surface area contributed by atoms with E-state index < -0.39 is 78.8 Å². The first-order chi connectivity index (χ1) is 18.7. The Hall–Kier alpha value is -2.85. The van der Waals surface area contributed by atoms with Gasteiger partial charge in [0.05, 0.1) is 13.5 Å². The second-order valence-electron chi connectivity index (χ2n) is 11.6. The summed E-state index contributed by atoms with van der Waals surface area (Å²) < 4.78 is 74.4. The number of ether oxygens (including phenoxy) is 1. The first kappa shape index (κ1) is 28.7. The van der Waals surface area contributed by atoms with Gasteiger partial charge in [0.2, 0.25) is 0 Å². The van der Waals surface area contributed by atoms with Gasteiger partial charge < -0.3 is 19.5 Å². The predicted molar refractivity (Wildman–Crippen MR) is 138 cm³/mol. The first-order valence-corrected chi connectivity index (χ1v) is 13.7. The Bertz CT molecular complexity index is 1610. The number of alkyl halides is 1. The van der Waals surface area contributed by atoms with E-state index in [-0.39, 0.29) is 15.9 Å². The number of aromatic nitrogens is 2. The molecule has 0 spiro atoms. The molecule has 1 saturated heterocycles. The second kappa shape index (κ2) is 9.91. The van der Waals surface area contributed by atoms with Crippen molar-refractivity contribution >= 4 is 7.82 Å². The fraction of sp³-hybridized carbons (Fsp3) is 0.538. The molecule has 40 heavy (non-hydrogen) atoms. The molecule has 0 amide bonds. The quantitative estimate of drug-likeness (QED) is 0.364. The maximum Gasteiger partial charge on any atom is 0.530 e. The molecule has 3 N–H and O–H groups in total. The summed E-state index contributed by atoms with van der Waals surface area (Å²) in [7, 11) is -4.68. The number of rotatable bonds is 4. The van der Waals surface area contributed by atoms with Gasteiger partial charge in [-0.3, -0.25) is 23.4 Å². The van der Waals surface area contributed by atoms with Crippen LogP contribution >= 0.6 is 7.82 Å². The zero-order valence-electron chi connectivity index (χ0n) is 23.7. The van der Waals surface area contributed by atoms with Crippen molar-refractivity contribution in [2.45, 2.75) is 83.2 Å². The van der Waals surface area contributed by atoms with Crippen molar-refractivity contribution in [2.75, 3.05) is 6.61 Å². The van der Waals surface area contributed by atoms with E-state index in [0.717, 1.165) is 0 Å². The predicted octanol–water partition coefficient (Wildman–Crippen LogP) is 2.90. The zero-order valence-corrected chi connectivity index (χ0v) is 23.6. The first-order valence-electron chi connectivity index (χ1n) is 12.7. The van der Waals surface area contributed by atoms with Gasteiger partial charge in [-0.25, -0.2) is 18.1 Å². The molecule has 1 aromatic heterocycles. The van der Waals surface area contributed by atoms with Crippen LogP contribution in [-0.2, 0) is 35.8 Å². The highest BCUT2D eigenvalue weighted by Gasteiger charge is 2.58. The van der Waals surface area contributed by atoms with Crippen LogP contribution < -0.4 is 15.8 Å². The molecule has 1 aromatic carbocycles. The number of hydrogen-bond acceptors (Lipinski definition) is 9. The standard InChI is InChI=1S/C26H31F2N2O9P/c1-8-13-10-30(23(34)29-21(13)33)22-18(31)20(32)26(28,38-22)12-37-40(35)36-11-14-17(27)15(24(2,3)4)9-16(19(14)39-40)25(5,6)7/h1,9-10,18,20,22,31-32H,11-12H2,2-7H3,(H,29,33,34)/t18-,20+,22-,26-,40?/m1/s1/i22D. The van der Waals surface area contributed by atoms with Crippen molar-refractivity contribution in [1.82, 2.24) is 9.55 Å². The Balaban J connectivity index is 1.65. The van der Waals surface area contributed by atoms with Gasteiger partial charge in [-0.2, -0.15) is 0 Å². The molecule has 4 rings (SSSR count). The van der Waals surface area contributed by atoms with E-state index >= 15 is 8.78 Å². The molecule has 1 fully saturated rings. The van der Waals surface area contributed by atoms with E-state index in [4.69, 9.17) is 26.1 Å².